The molecular weight excluding hydrogens is 232 g/mol. The van der Waals surface area contributed by atoms with Crippen molar-refractivity contribution < 1.29 is 9.72 Å². The van der Waals surface area contributed by atoms with Crippen LogP contribution in [0, 0.1) is 10.1 Å². The number of benzene rings is 2. The van der Waals surface area contributed by atoms with Crippen LogP contribution < -0.4 is 5.32 Å². The molecule has 0 spiro atoms. The monoisotopic (exact) mass is 244 g/mol. The Morgan fingerprint density at radius 1 is 1.22 bits per heavy atom. The fraction of sp³-hybridized carbons (Fsp3) is 0.154. The van der Waals surface area contributed by atoms with Crippen LogP contribution in [0.3, 0.4) is 0 Å². The molecule has 0 heterocycles. The summed E-state index contributed by atoms with van der Waals surface area (Å²) >= 11 is 0. The normalized spacial score (nSPS) is 10.3. The zero-order chi connectivity index (χ0) is 13.1. The first-order valence-corrected chi connectivity index (χ1v) is 5.58. The predicted molar refractivity (Wildman–Crippen MR) is 68.6 cm³/mol. The zero-order valence-electron chi connectivity index (χ0n) is 9.84. The molecule has 0 aliphatic rings. The van der Waals surface area contributed by atoms with Gasteiger partial charge >= 0.3 is 0 Å². The molecule has 5 nitrogen and oxygen atoms in total. The first-order valence-electron chi connectivity index (χ1n) is 5.58. The second-order valence-corrected chi connectivity index (χ2v) is 3.86. The molecule has 18 heavy (non-hydrogen) atoms. The quantitative estimate of drug-likeness (QED) is 0.666. The van der Waals surface area contributed by atoms with Gasteiger partial charge in [0.05, 0.1) is 4.92 Å². The highest BCUT2D eigenvalue weighted by Crippen LogP contribution is 2.21. The number of nitro groups is 1. The molecule has 2 rings (SSSR count). The maximum absolute atomic E-state index is 11.6. The molecular formula is C13H12N2O3. The number of rotatable bonds is 3. The zero-order valence-corrected chi connectivity index (χ0v) is 9.84. The van der Waals surface area contributed by atoms with Gasteiger partial charge in [0.15, 0.2) is 0 Å². The summed E-state index contributed by atoms with van der Waals surface area (Å²) < 4.78 is 0. The lowest BCUT2D eigenvalue weighted by Gasteiger charge is -2.04. The van der Waals surface area contributed by atoms with Crippen molar-refractivity contribution in [2.24, 2.45) is 0 Å². The highest BCUT2D eigenvalue weighted by atomic mass is 16.6. The number of hydrogen-bond acceptors (Lipinski definition) is 3. The van der Waals surface area contributed by atoms with E-state index in [0.29, 0.717) is 12.1 Å². The Hall–Kier alpha value is -2.43. The third kappa shape index (κ3) is 2.29. The van der Waals surface area contributed by atoms with Crippen molar-refractivity contribution in [2.45, 2.75) is 6.92 Å². The van der Waals surface area contributed by atoms with Crippen LogP contribution in [0.2, 0.25) is 0 Å². The highest BCUT2D eigenvalue weighted by Gasteiger charge is 2.08. The molecule has 0 aliphatic heterocycles. The third-order valence-corrected chi connectivity index (χ3v) is 2.63. The smallest absolute Gasteiger partial charge is 0.270 e. The molecule has 0 aliphatic carbocycles. The van der Waals surface area contributed by atoms with Crippen molar-refractivity contribution in [3.63, 3.8) is 0 Å². The molecule has 0 aromatic heterocycles. The summed E-state index contributed by atoms with van der Waals surface area (Å²) in [6.45, 7) is 2.42. The van der Waals surface area contributed by atoms with E-state index in [1.54, 1.807) is 24.3 Å². The molecule has 1 amide bonds. The number of fused-ring (bicyclic) bond motifs is 1. The second-order valence-electron chi connectivity index (χ2n) is 3.86. The summed E-state index contributed by atoms with van der Waals surface area (Å²) in [6.07, 6.45) is 0. The Morgan fingerprint density at radius 2 is 1.89 bits per heavy atom. The van der Waals surface area contributed by atoms with Crippen LogP contribution in [0.1, 0.15) is 17.3 Å². The van der Waals surface area contributed by atoms with Crippen molar-refractivity contribution in [1.29, 1.82) is 0 Å². The van der Waals surface area contributed by atoms with E-state index in [9.17, 15) is 14.9 Å². The topological polar surface area (TPSA) is 72.2 Å². The molecule has 2 aromatic carbocycles. The van der Waals surface area contributed by atoms with E-state index in [1.165, 1.54) is 12.1 Å². The van der Waals surface area contributed by atoms with Crippen molar-refractivity contribution >= 4 is 22.4 Å². The Bertz CT molecular complexity index is 623. The lowest BCUT2D eigenvalue weighted by Crippen LogP contribution is -2.22. The van der Waals surface area contributed by atoms with Crippen LogP contribution in [0.5, 0.6) is 0 Å². The van der Waals surface area contributed by atoms with Gasteiger partial charge in [0.1, 0.15) is 0 Å². The number of carbonyl (C=O) groups excluding carboxylic acids is 1. The molecule has 1 N–H and O–H groups in total. The van der Waals surface area contributed by atoms with Gasteiger partial charge in [-0.25, -0.2) is 0 Å². The van der Waals surface area contributed by atoms with E-state index in [4.69, 9.17) is 0 Å². The van der Waals surface area contributed by atoms with E-state index in [2.05, 4.69) is 5.32 Å². The number of carbonyl (C=O) groups is 1. The maximum atomic E-state index is 11.6. The number of amides is 1. The standard InChI is InChI=1S/C13H12N2O3/c1-2-14-13(16)11-4-3-10-8-12(15(17)18)6-5-9(10)7-11/h3-8H,2H2,1H3,(H,14,16). The summed E-state index contributed by atoms with van der Waals surface area (Å²) in [4.78, 5) is 21.9. The van der Waals surface area contributed by atoms with E-state index < -0.39 is 4.92 Å². The number of nitrogens with zero attached hydrogens (tertiary/aromatic N) is 1. The van der Waals surface area contributed by atoms with Gasteiger partial charge in [-0.3, -0.25) is 14.9 Å². The summed E-state index contributed by atoms with van der Waals surface area (Å²) in [7, 11) is 0. The number of nitrogens with one attached hydrogen (secondary N) is 1. The fourth-order valence-corrected chi connectivity index (χ4v) is 1.75. The largest absolute Gasteiger partial charge is 0.352 e. The first-order chi connectivity index (χ1) is 8.61. The van der Waals surface area contributed by atoms with Crippen LogP contribution >= 0.6 is 0 Å². The van der Waals surface area contributed by atoms with Gasteiger partial charge < -0.3 is 5.32 Å². The Balaban J connectivity index is 2.44. The van der Waals surface area contributed by atoms with Crippen LogP contribution in [0.4, 0.5) is 5.69 Å². The third-order valence-electron chi connectivity index (χ3n) is 2.63. The molecule has 0 atom stereocenters. The van der Waals surface area contributed by atoms with E-state index in [0.717, 1.165) is 10.8 Å². The van der Waals surface area contributed by atoms with Gasteiger partial charge in [-0.1, -0.05) is 6.07 Å². The summed E-state index contributed by atoms with van der Waals surface area (Å²) in [5.74, 6) is -0.141. The minimum absolute atomic E-state index is 0.0493. The lowest BCUT2D eigenvalue weighted by molar-refractivity contribution is -0.384. The average molecular weight is 244 g/mol. The molecule has 2 aromatic rings. The summed E-state index contributed by atoms with van der Waals surface area (Å²) in [5.41, 5.74) is 0.603. The Morgan fingerprint density at radius 3 is 2.56 bits per heavy atom. The van der Waals surface area contributed by atoms with Crippen LogP contribution in [0.25, 0.3) is 10.8 Å². The minimum Gasteiger partial charge on any atom is -0.352 e. The molecule has 0 bridgehead atoms. The van der Waals surface area contributed by atoms with Crippen molar-refractivity contribution in [1.82, 2.24) is 5.32 Å². The van der Waals surface area contributed by atoms with Gasteiger partial charge in [0.25, 0.3) is 11.6 Å². The van der Waals surface area contributed by atoms with Gasteiger partial charge in [-0.2, -0.15) is 0 Å². The van der Waals surface area contributed by atoms with Crippen LogP contribution in [-0.2, 0) is 0 Å². The number of non-ortho nitro benzene ring substituents is 1. The highest BCUT2D eigenvalue weighted by molar-refractivity contribution is 5.98. The number of hydrogen-bond donors (Lipinski definition) is 1. The molecule has 0 radical (unpaired) electrons. The molecule has 0 unspecified atom stereocenters. The predicted octanol–water partition coefficient (Wildman–Crippen LogP) is 2.50. The van der Waals surface area contributed by atoms with Crippen molar-refractivity contribution in [3.8, 4) is 0 Å². The second kappa shape index (κ2) is 4.83. The molecule has 0 saturated carbocycles. The first kappa shape index (κ1) is 12.0. The molecule has 0 saturated heterocycles. The summed E-state index contributed by atoms with van der Waals surface area (Å²) in [6, 6.07) is 9.69. The SMILES string of the molecule is CCNC(=O)c1ccc2cc([N+](=O)[O-])ccc2c1. The molecule has 92 valence electrons. The van der Waals surface area contributed by atoms with Gasteiger partial charge in [-0.15, -0.1) is 0 Å². The van der Waals surface area contributed by atoms with Crippen molar-refractivity contribution in [2.75, 3.05) is 6.54 Å². The van der Waals surface area contributed by atoms with Crippen LogP contribution in [-0.4, -0.2) is 17.4 Å². The van der Waals surface area contributed by atoms with Crippen molar-refractivity contribution in [3.05, 3.63) is 52.1 Å². The summed E-state index contributed by atoms with van der Waals surface area (Å²) in [5, 5.41) is 14.9. The minimum atomic E-state index is -0.433. The number of nitro benzene ring substituents is 1. The Kier molecular flexibility index (Phi) is 3.23. The molecule has 5 heteroatoms. The average Bonchev–Trinajstić information content (AvgIpc) is 2.37. The maximum Gasteiger partial charge on any atom is 0.270 e. The van der Waals surface area contributed by atoms with Gasteiger partial charge in [0.2, 0.25) is 0 Å². The van der Waals surface area contributed by atoms with Crippen LogP contribution in [0.15, 0.2) is 36.4 Å². The van der Waals surface area contributed by atoms with Gasteiger partial charge in [-0.05, 0) is 35.9 Å². The van der Waals surface area contributed by atoms with E-state index in [1.807, 2.05) is 6.92 Å². The van der Waals surface area contributed by atoms with E-state index >= 15 is 0 Å². The van der Waals surface area contributed by atoms with Gasteiger partial charge in [0, 0.05) is 24.2 Å². The Labute approximate surface area is 104 Å². The lowest BCUT2D eigenvalue weighted by atomic mass is 10.1. The fourth-order valence-electron chi connectivity index (χ4n) is 1.75. The molecule has 0 fully saturated rings. The van der Waals surface area contributed by atoms with E-state index in [-0.39, 0.29) is 11.6 Å².